The highest BCUT2D eigenvalue weighted by Gasteiger charge is 2.32. The first-order valence-corrected chi connectivity index (χ1v) is 13.4. The normalized spacial score (nSPS) is 12.7. The Morgan fingerprint density at radius 2 is 1.56 bits per heavy atom. The van der Waals surface area contributed by atoms with Crippen LogP contribution in [0.1, 0.15) is 33.3 Å². The Morgan fingerprint density at radius 3 is 2.09 bits per heavy atom. The highest BCUT2D eigenvalue weighted by molar-refractivity contribution is 7.92. The fourth-order valence-corrected chi connectivity index (χ4v) is 4.53. The predicted molar refractivity (Wildman–Crippen MR) is 138 cm³/mol. The van der Waals surface area contributed by atoms with Gasteiger partial charge in [-0.1, -0.05) is 46.9 Å². The third kappa shape index (κ3) is 8.05. The van der Waals surface area contributed by atoms with Crippen molar-refractivity contribution in [2.75, 3.05) is 17.1 Å². The van der Waals surface area contributed by atoms with Crippen molar-refractivity contribution >= 4 is 62.3 Å². The summed E-state index contributed by atoms with van der Waals surface area (Å²) in [6, 6.07) is 10.3. The minimum atomic E-state index is -3.91. The molecule has 0 saturated heterocycles. The predicted octanol–water partition coefficient (Wildman–Crippen LogP) is 4.74. The van der Waals surface area contributed by atoms with Crippen LogP contribution < -0.4 is 9.62 Å². The van der Waals surface area contributed by atoms with E-state index in [0.29, 0.717) is 5.02 Å². The number of amides is 2. The number of halogens is 3. The Morgan fingerprint density at radius 1 is 1.00 bits per heavy atom. The van der Waals surface area contributed by atoms with E-state index in [2.05, 4.69) is 5.32 Å². The number of nitrogens with zero attached hydrogens (tertiary/aromatic N) is 2. The van der Waals surface area contributed by atoms with Gasteiger partial charge in [-0.3, -0.25) is 13.9 Å². The molecule has 0 aromatic heterocycles. The van der Waals surface area contributed by atoms with Crippen LogP contribution in [0.4, 0.5) is 5.69 Å². The molecule has 7 nitrogen and oxygen atoms in total. The lowest BCUT2D eigenvalue weighted by molar-refractivity contribution is -0.140. The van der Waals surface area contributed by atoms with Gasteiger partial charge >= 0.3 is 0 Å². The molecule has 0 unspecified atom stereocenters. The van der Waals surface area contributed by atoms with Gasteiger partial charge in [0.15, 0.2) is 0 Å². The van der Waals surface area contributed by atoms with Crippen molar-refractivity contribution in [3.8, 4) is 0 Å². The van der Waals surface area contributed by atoms with Crippen LogP contribution in [0.3, 0.4) is 0 Å². The Hall–Kier alpha value is -2.00. The molecule has 1 N–H and O–H groups in total. The second-order valence-corrected chi connectivity index (χ2v) is 12.1. The van der Waals surface area contributed by atoms with E-state index in [4.69, 9.17) is 34.8 Å². The molecule has 0 fully saturated rings. The molecule has 11 heteroatoms. The molecular formula is C23H28Cl3N3O4S. The average molecular weight is 549 g/mol. The summed E-state index contributed by atoms with van der Waals surface area (Å²) in [4.78, 5) is 27.7. The Balaban J connectivity index is 2.44. The fraction of sp³-hybridized carbons (Fsp3) is 0.391. The van der Waals surface area contributed by atoms with Crippen molar-refractivity contribution in [1.82, 2.24) is 10.2 Å². The third-order valence-electron chi connectivity index (χ3n) is 4.79. The minimum absolute atomic E-state index is 0.0651. The number of hydrogen-bond donors (Lipinski definition) is 1. The van der Waals surface area contributed by atoms with E-state index in [9.17, 15) is 18.0 Å². The van der Waals surface area contributed by atoms with Crippen molar-refractivity contribution < 1.29 is 18.0 Å². The van der Waals surface area contributed by atoms with Crippen molar-refractivity contribution in [1.29, 1.82) is 0 Å². The van der Waals surface area contributed by atoms with Gasteiger partial charge in [0.2, 0.25) is 21.8 Å². The lowest BCUT2D eigenvalue weighted by Gasteiger charge is -2.33. The SMILES string of the molecule is C[C@H](C(=O)NC(C)(C)C)N(Cc1ccc(Cl)cc1)C(=O)CN(c1cc(Cl)ccc1Cl)S(C)(=O)=O. The summed E-state index contributed by atoms with van der Waals surface area (Å²) < 4.78 is 26.1. The topological polar surface area (TPSA) is 86.8 Å². The van der Waals surface area contributed by atoms with Gasteiger partial charge in [0.25, 0.3) is 0 Å². The molecule has 0 heterocycles. The summed E-state index contributed by atoms with van der Waals surface area (Å²) in [7, 11) is -3.91. The summed E-state index contributed by atoms with van der Waals surface area (Å²) in [5.41, 5.74) is 0.274. The maximum absolute atomic E-state index is 13.5. The zero-order valence-electron chi connectivity index (χ0n) is 19.6. The van der Waals surface area contributed by atoms with Crippen molar-refractivity contribution in [2.24, 2.45) is 0 Å². The smallest absolute Gasteiger partial charge is 0.244 e. The molecule has 1 atom stereocenters. The van der Waals surface area contributed by atoms with Crippen LogP contribution in [0.25, 0.3) is 0 Å². The summed E-state index contributed by atoms with van der Waals surface area (Å²) in [5.74, 6) is -0.963. The molecule has 0 bridgehead atoms. The van der Waals surface area contributed by atoms with E-state index in [1.807, 2.05) is 20.8 Å². The van der Waals surface area contributed by atoms with E-state index < -0.39 is 34.1 Å². The molecule has 186 valence electrons. The van der Waals surface area contributed by atoms with Crippen LogP contribution in [0.5, 0.6) is 0 Å². The second-order valence-electron chi connectivity index (χ2n) is 8.93. The lowest BCUT2D eigenvalue weighted by atomic mass is 10.1. The average Bonchev–Trinajstić information content (AvgIpc) is 2.70. The van der Waals surface area contributed by atoms with Crippen molar-refractivity contribution in [3.05, 3.63) is 63.1 Å². The highest BCUT2D eigenvalue weighted by atomic mass is 35.5. The molecule has 0 spiro atoms. The van der Waals surface area contributed by atoms with E-state index in [1.165, 1.54) is 23.1 Å². The number of hydrogen-bond acceptors (Lipinski definition) is 4. The molecule has 0 radical (unpaired) electrons. The van der Waals surface area contributed by atoms with Crippen LogP contribution >= 0.6 is 34.8 Å². The molecule has 0 aliphatic heterocycles. The van der Waals surface area contributed by atoms with Crippen LogP contribution in [0, 0.1) is 0 Å². The van der Waals surface area contributed by atoms with Crippen LogP contribution in [0.15, 0.2) is 42.5 Å². The van der Waals surface area contributed by atoms with E-state index >= 15 is 0 Å². The fourth-order valence-electron chi connectivity index (χ4n) is 3.11. The van der Waals surface area contributed by atoms with E-state index in [1.54, 1.807) is 31.2 Å². The van der Waals surface area contributed by atoms with Crippen molar-refractivity contribution in [3.63, 3.8) is 0 Å². The molecule has 2 amide bonds. The van der Waals surface area contributed by atoms with E-state index in [0.717, 1.165) is 16.1 Å². The minimum Gasteiger partial charge on any atom is -0.350 e. The second kappa shape index (κ2) is 11.2. The Bertz CT molecular complexity index is 1150. The quantitative estimate of drug-likeness (QED) is 0.516. The van der Waals surface area contributed by atoms with Gasteiger partial charge in [0.05, 0.1) is 17.0 Å². The van der Waals surface area contributed by atoms with Gasteiger partial charge in [-0.15, -0.1) is 0 Å². The molecule has 0 aliphatic rings. The number of benzene rings is 2. The van der Waals surface area contributed by atoms with Crippen LogP contribution in [0.2, 0.25) is 15.1 Å². The Kier molecular flexibility index (Phi) is 9.27. The largest absolute Gasteiger partial charge is 0.350 e. The van der Waals surface area contributed by atoms with Gasteiger partial charge in [-0.25, -0.2) is 8.42 Å². The number of anilines is 1. The molecule has 34 heavy (non-hydrogen) atoms. The zero-order chi connectivity index (χ0) is 25.8. The third-order valence-corrected chi connectivity index (χ3v) is 6.72. The number of nitrogens with one attached hydrogen (secondary N) is 1. The molecule has 2 aromatic rings. The molecule has 2 aromatic carbocycles. The summed E-state index contributed by atoms with van der Waals surface area (Å²) in [6.07, 6.45) is 0.969. The number of carbonyl (C=O) groups is 2. The monoisotopic (exact) mass is 547 g/mol. The first-order chi connectivity index (χ1) is 15.6. The van der Waals surface area contributed by atoms with Gasteiger partial charge in [-0.05, 0) is 63.6 Å². The number of rotatable bonds is 8. The van der Waals surface area contributed by atoms with Gasteiger partial charge in [0.1, 0.15) is 12.6 Å². The van der Waals surface area contributed by atoms with Gasteiger partial charge < -0.3 is 10.2 Å². The summed E-state index contributed by atoms with van der Waals surface area (Å²) in [6.45, 7) is 6.57. The first kappa shape index (κ1) is 28.2. The molecule has 0 aliphatic carbocycles. The molecule has 0 saturated carbocycles. The van der Waals surface area contributed by atoms with E-state index in [-0.39, 0.29) is 28.2 Å². The zero-order valence-corrected chi connectivity index (χ0v) is 22.7. The lowest BCUT2D eigenvalue weighted by Crippen LogP contribution is -2.54. The Labute approximate surface area is 216 Å². The van der Waals surface area contributed by atoms with Crippen LogP contribution in [-0.2, 0) is 26.2 Å². The van der Waals surface area contributed by atoms with Gasteiger partial charge in [0, 0.05) is 22.1 Å². The molecular weight excluding hydrogens is 521 g/mol. The van der Waals surface area contributed by atoms with Gasteiger partial charge in [-0.2, -0.15) is 0 Å². The standard InChI is InChI=1S/C23H28Cl3N3O4S/c1-15(22(31)27-23(2,3)4)28(13-16-6-8-17(24)9-7-16)21(30)14-29(34(5,32)33)20-12-18(25)10-11-19(20)26/h6-12,15H,13-14H2,1-5H3,(H,27,31)/t15-/m1/s1. The first-order valence-electron chi connectivity index (χ1n) is 10.4. The van der Waals surface area contributed by atoms with Crippen LogP contribution in [-0.4, -0.2) is 49.5 Å². The number of carbonyl (C=O) groups excluding carboxylic acids is 2. The maximum Gasteiger partial charge on any atom is 0.244 e. The highest BCUT2D eigenvalue weighted by Crippen LogP contribution is 2.31. The van der Waals surface area contributed by atoms with Crippen molar-refractivity contribution in [2.45, 2.75) is 45.8 Å². The number of sulfonamides is 1. The summed E-state index contributed by atoms with van der Waals surface area (Å²) in [5, 5.41) is 3.76. The molecule has 2 rings (SSSR count). The summed E-state index contributed by atoms with van der Waals surface area (Å²) >= 11 is 18.2. The maximum atomic E-state index is 13.5.